The zero-order valence-corrected chi connectivity index (χ0v) is 21.3. The number of hydrogen-bond acceptors (Lipinski definition) is 8. The maximum Gasteiger partial charge on any atom is 0.472 e. The van der Waals surface area contributed by atoms with E-state index in [4.69, 9.17) is 4.74 Å². The molecule has 0 saturated heterocycles. The summed E-state index contributed by atoms with van der Waals surface area (Å²) in [5.74, 6) is -2.41. The van der Waals surface area contributed by atoms with Gasteiger partial charge in [-0.25, -0.2) is 9.36 Å². The van der Waals surface area contributed by atoms with E-state index in [0.29, 0.717) is 12.8 Å². The van der Waals surface area contributed by atoms with E-state index in [9.17, 15) is 34.1 Å². The van der Waals surface area contributed by atoms with Crippen molar-refractivity contribution in [2.75, 3.05) is 19.8 Å². The zero-order chi connectivity index (χ0) is 25.8. The van der Waals surface area contributed by atoms with Gasteiger partial charge < -0.3 is 25.2 Å². The molecule has 12 heteroatoms. The van der Waals surface area contributed by atoms with Crippen LogP contribution >= 0.6 is 7.82 Å². The lowest BCUT2D eigenvalue weighted by atomic mass is 10.1. The van der Waals surface area contributed by atoms with Gasteiger partial charge in [-0.3, -0.25) is 18.6 Å². The minimum Gasteiger partial charge on any atom is -0.480 e. The molecule has 3 atom stereocenters. The Morgan fingerprint density at radius 3 is 1.97 bits per heavy atom. The number of ether oxygens (including phenoxy) is 1. The summed E-state index contributed by atoms with van der Waals surface area (Å²) in [4.78, 5) is 44.5. The third-order valence-electron chi connectivity index (χ3n) is 4.90. The van der Waals surface area contributed by atoms with Crippen molar-refractivity contribution in [1.29, 1.82) is 0 Å². The molecule has 11 nitrogen and oxygen atoms in total. The van der Waals surface area contributed by atoms with E-state index in [0.717, 1.165) is 44.9 Å². The van der Waals surface area contributed by atoms with Gasteiger partial charge in [0.15, 0.2) is 6.04 Å². The predicted octanol–water partition coefficient (Wildman–Crippen LogP) is 3.31. The molecule has 3 unspecified atom stereocenters. The number of rotatable bonds is 22. The van der Waals surface area contributed by atoms with E-state index in [-0.39, 0.29) is 12.8 Å². The van der Waals surface area contributed by atoms with Crippen LogP contribution in [0, 0.1) is 0 Å². The normalized spacial score (nSPS) is 14.7. The SMILES string of the molecule is CCCCCCCCCC(=O)NC(COP(=O)(O)OCC(O)COC(=O)CCCCC)C(=O)O. The van der Waals surface area contributed by atoms with Crippen molar-refractivity contribution in [2.24, 2.45) is 0 Å². The average Bonchev–Trinajstić information content (AvgIpc) is 2.78. The molecule has 1 amide bonds. The van der Waals surface area contributed by atoms with Crippen molar-refractivity contribution in [1.82, 2.24) is 5.32 Å². The Labute approximate surface area is 202 Å². The number of amides is 1. The maximum atomic E-state index is 12.0. The lowest BCUT2D eigenvalue weighted by Crippen LogP contribution is -2.43. The molecule has 4 N–H and O–H groups in total. The Morgan fingerprint density at radius 1 is 0.824 bits per heavy atom. The Bertz CT molecular complexity index is 631. The van der Waals surface area contributed by atoms with Gasteiger partial charge in [-0.1, -0.05) is 65.2 Å². The molecular weight excluding hydrogens is 469 g/mol. The highest BCUT2D eigenvalue weighted by molar-refractivity contribution is 7.47. The number of phosphoric acid groups is 1. The second-order valence-corrected chi connectivity index (χ2v) is 9.64. The molecule has 0 aromatic rings. The monoisotopic (exact) mass is 511 g/mol. The minimum absolute atomic E-state index is 0.147. The summed E-state index contributed by atoms with van der Waals surface area (Å²) in [6, 6.07) is -1.53. The Hall–Kier alpha value is -1.52. The van der Waals surface area contributed by atoms with Crippen molar-refractivity contribution in [3.05, 3.63) is 0 Å². The molecular formula is C22H42NO10P. The van der Waals surface area contributed by atoms with E-state index < -0.39 is 57.6 Å². The summed E-state index contributed by atoms with van der Waals surface area (Å²) in [6.07, 6.45) is 8.57. The number of carbonyl (C=O) groups excluding carboxylic acids is 2. The molecule has 200 valence electrons. The molecule has 0 aliphatic heterocycles. The highest BCUT2D eigenvalue weighted by atomic mass is 31.2. The lowest BCUT2D eigenvalue weighted by molar-refractivity contribution is -0.147. The van der Waals surface area contributed by atoms with E-state index in [1.807, 2.05) is 6.92 Å². The largest absolute Gasteiger partial charge is 0.480 e. The van der Waals surface area contributed by atoms with Crippen LogP contribution in [0.5, 0.6) is 0 Å². The molecule has 0 aliphatic carbocycles. The van der Waals surface area contributed by atoms with Crippen LogP contribution in [0.15, 0.2) is 0 Å². The fourth-order valence-electron chi connectivity index (χ4n) is 2.90. The molecule has 0 radical (unpaired) electrons. The third kappa shape index (κ3) is 18.9. The summed E-state index contributed by atoms with van der Waals surface area (Å²) in [7, 11) is -4.71. The zero-order valence-electron chi connectivity index (χ0n) is 20.4. The summed E-state index contributed by atoms with van der Waals surface area (Å²) in [5.41, 5.74) is 0. The number of carbonyl (C=O) groups is 3. The van der Waals surface area contributed by atoms with Gasteiger partial charge in [0.05, 0.1) is 13.2 Å². The number of aliphatic carboxylic acids is 1. The first-order valence-electron chi connectivity index (χ1n) is 12.1. The Morgan fingerprint density at radius 2 is 1.35 bits per heavy atom. The summed E-state index contributed by atoms with van der Waals surface area (Å²) < 4.78 is 26.1. The van der Waals surface area contributed by atoms with Crippen molar-refractivity contribution >= 4 is 25.7 Å². The molecule has 0 heterocycles. The van der Waals surface area contributed by atoms with Gasteiger partial charge in [0.1, 0.15) is 12.7 Å². The quantitative estimate of drug-likeness (QED) is 0.0961. The maximum absolute atomic E-state index is 12.0. The molecule has 34 heavy (non-hydrogen) atoms. The van der Waals surface area contributed by atoms with Gasteiger partial charge in [-0.2, -0.15) is 0 Å². The first-order valence-corrected chi connectivity index (χ1v) is 13.6. The number of aliphatic hydroxyl groups is 1. The second-order valence-electron chi connectivity index (χ2n) is 8.18. The number of phosphoric ester groups is 1. The average molecular weight is 512 g/mol. The molecule has 0 aromatic heterocycles. The van der Waals surface area contributed by atoms with E-state index in [1.54, 1.807) is 0 Å². The summed E-state index contributed by atoms with van der Waals surface area (Å²) in [6.45, 7) is 2.24. The fourth-order valence-corrected chi connectivity index (χ4v) is 3.67. The molecule has 0 aliphatic rings. The van der Waals surface area contributed by atoms with Gasteiger partial charge in [0.25, 0.3) is 0 Å². The predicted molar refractivity (Wildman–Crippen MR) is 125 cm³/mol. The first-order chi connectivity index (χ1) is 16.1. The van der Waals surface area contributed by atoms with Crippen molar-refractivity contribution in [3.63, 3.8) is 0 Å². The number of aliphatic hydroxyl groups excluding tert-OH is 1. The van der Waals surface area contributed by atoms with Crippen LogP contribution in [0.1, 0.15) is 90.9 Å². The van der Waals surface area contributed by atoms with Crippen molar-refractivity contribution in [2.45, 2.75) is 103 Å². The Kier molecular flexibility index (Phi) is 18.9. The number of esters is 1. The van der Waals surface area contributed by atoms with Gasteiger partial charge in [-0.15, -0.1) is 0 Å². The van der Waals surface area contributed by atoms with Gasteiger partial charge in [0, 0.05) is 12.8 Å². The summed E-state index contributed by atoms with van der Waals surface area (Å²) >= 11 is 0. The molecule has 0 aromatic carbocycles. The van der Waals surface area contributed by atoms with E-state index in [2.05, 4.69) is 21.3 Å². The smallest absolute Gasteiger partial charge is 0.472 e. The van der Waals surface area contributed by atoms with Gasteiger partial charge >= 0.3 is 19.8 Å². The standard InChI is InChI=1S/C22H42NO10P/c1-3-5-7-8-9-10-12-13-20(25)23-19(22(27)28)17-33-34(29,30)32-16-18(24)15-31-21(26)14-11-6-4-2/h18-19,24H,3-17H2,1-2H3,(H,23,25)(H,27,28)(H,29,30). The molecule has 0 fully saturated rings. The number of unbranched alkanes of at least 4 members (excludes halogenated alkanes) is 8. The van der Waals surface area contributed by atoms with Crippen LogP contribution in [0.3, 0.4) is 0 Å². The third-order valence-corrected chi connectivity index (χ3v) is 5.85. The second kappa shape index (κ2) is 19.8. The van der Waals surface area contributed by atoms with Crippen LogP contribution in [0.4, 0.5) is 0 Å². The van der Waals surface area contributed by atoms with Crippen LogP contribution < -0.4 is 5.32 Å². The van der Waals surface area contributed by atoms with Crippen LogP contribution in [0.2, 0.25) is 0 Å². The van der Waals surface area contributed by atoms with Crippen molar-refractivity contribution in [3.8, 4) is 0 Å². The topological polar surface area (TPSA) is 169 Å². The van der Waals surface area contributed by atoms with Crippen LogP contribution in [0.25, 0.3) is 0 Å². The highest BCUT2D eigenvalue weighted by Crippen LogP contribution is 2.43. The van der Waals surface area contributed by atoms with E-state index in [1.165, 1.54) is 6.42 Å². The molecule has 0 saturated carbocycles. The number of hydrogen-bond donors (Lipinski definition) is 4. The van der Waals surface area contributed by atoms with Crippen molar-refractivity contribution < 1.29 is 47.8 Å². The van der Waals surface area contributed by atoms with Crippen LogP contribution in [-0.2, 0) is 32.7 Å². The Balaban J connectivity index is 4.22. The molecule has 0 bridgehead atoms. The first kappa shape index (κ1) is 32.5. The van der Waals surface area contributed by atoms with E-state index >= 15 is 0 Å². The lowest BCUT2D eigenvalue weighted by Gasteiger charge is -2.18. The fraction of sp³-hybridized carbons (Fsp3) is 0.864. The number of carboxylic acid groups (broad SMARTS) is 1. The summed E-state index contributed by atoms with van der Waals surface area (Å²) in [5, 5.41) is 21.2. The highest BCUT2D eigenvalue weighted by Gasteiger charge is 2.28. The molecule has 0 rings (SSSR count). The number of nitrogens with one attached hydrogen (secondary N) is 1. The molecule has 0 spiro atoms. The van der Waals surface area contributed by atoms with Gasteiger partial charge in [0.2, 0.25) is 5.91 Å². The van der Waals surface area contributed by atoms with Gasteiger partial charge in [-0.05, 0) is 12.8 Å². The number of carboxylic acids is 1. The minimum atomic E-state index is -4.71. The van der Waals surface area contributed by atoms with Crippen LogP contribution in [-0.4, -0.2) is 64.9 Å².